The highest BCUT2D eigenvalue weighted by Gasteiger charge is 2.26. The molecule has 0 bridgehead atoms. The molecule has 1 aromatic rings. The summed E-state index contributed by atoms with van der Waals surface area (Å²) in [4.78, 5) is 21.0. The average molecular weight is 387 g/mol. The molecule has 1 aromatic carbocycles. The molecule has 0 radical (unpaired) electrons. The van der Waals surface area contributed by atoms with Crippen LogP contribution in [0.4, 0.5) is 8.78 Å². The van der Waals surface area contributed by atoms with E-state index >= 15 is 0 Å². The molecule has 0 saturated carbocycles. The Labute approximate surface area is 160 Å². The number of hydrogen-bond acceptors (Lipinski definition) is 4. The van der Waals surface area contributed by atoms with E-state index in [2.05, 4.69) is 25.8 Å². The van der Waals surface area contributed by atoms with Gasteiger partial charge in [0.1, 0.15) is 5.84 Å². The number of allylic oxidation sites excluding steroid dienone is 3. The number of nitrogens with one attached hydrogen (secondary N) is 2. The lowest BCUT2D eigenvalue weighted by Crippen LogP contribution is -2.33. The molecular weight excluding hydrogens is 368 g/mol. The molecule has 9 heteroatoms. The number of guanidine groups is 1. The third-order valence-electron chi connectivity index (χ3n) is 3.93. The molecule has 1 aliphatic carbocycles. The summed E-state index contributed by atoms with van der Waals surface area (Å²) in [5.41, 5.74) is 3.57. The summed E-state index contributed by atoms with van der Waals surface area (Å²) >= 11 is 0. The van der Waals surface area contributed by atoms with E-state index in [0.717, 1.165) is 17.8 Å². The van der Waals surface area contributed by atoms with Crippen molar-refractivity contribution in [1.29, 1.82) is 0 Å². The summed E-state index contributed by atoms with van der Waals surface area (Å²) in [6.07, 6.45) is 7.50. The zero-order valence-corrected chi connectivity index (χ0v) is 15.2. The van der Waals surface area contributed by atoms with E-state index < -0.39 is 17.5 Å². The molecule has 3 rings (SSSR count). The first-order valence-corrected chi connectivity index (χ1v) is 8.74. The minimum absolute atomic E-state index is 0.0244. The first-order valence-electron chi connectivity index (χ1n) is 8.74. The second-order valence-corrected chi connectivity index (χ2v) is 5.85. The summed E-state index contributed by atoms with van der Waals surface area (Å²) < 4.78 is 31.7. The Morgan fingerprint density at radius 3 is 2.96 bits per heavy atom. The molecule has 1 aliphatic heterocycles. The quantitative estimate of drug-likeness (QED) is 0.461. The monoisotopic (exact) mass is 387 g/mol. The normalized spacial score (nSPS) is 19.4. The second kappa shape index (κ2) is 9.14. The van der Waals surface area contributed by atoms with E-state index in [4.69, 9.17) is 4.74 Å². The zero-order chi connectivity index (χ0) is 19.9. The van der Waals surface area contributed by atoms with Crippen molar-refractivity contribution in [1.82, 2.24) is 10.7 Å². The van der Waals surface area contributed by atoms with Crippen molar-refractivity contribution < 1.29 is 18.3 Å². The number of benzene rings is 1. The molecule has 146 valence electrons. The summed E-state index contributed by atoms with van der Waals surface area (Å²) in [7, 11) is 0. The van der Waals surface area contributed by atoms with Gasteiger partial charge in [0.25, 0.3) is 5.91 Å². The number of carbonyl (C=O) groups is 1. The van der Waals surface area contributed by atoms with E-state index in [-0.39, 0.29) is 24.0 Å². The predicted molar refractivity (Wildman–Crippen MR) is 102 cm³/mol. The topological polar surface area (TPSA) is 87.4 Å². The number of hydrazone groups is 1. The number of amides is 1. The Hall–Kier alpha value is -3.20. The van der Waals surface area contributed by atoms with Gasteiger partial charge in [-0.3, -0.25) is 15.5 Å². The largest absolute Gasteiger partial charge is 0.380 e. The van der Waals surface area contributed by atoms with Crippen LogP contribution >= 0.6 is 0 Å². The number of carbonyl (C=O) groups excluding carboxylic acids is 1. The molecule has 1 atom stereocenters. The van der Waals surface area contributed by atoms with Gasteiger partial charge in [0.05, 0.1) is 24.8 Å². The van der Waals surface area contributed by atoms with Gasteiger partial charge in [-0.2, -0.15) is 10.1 Å². The van der Waals surface area contributed by atoms with Crippen molar-refractivity contribution in [3.63, 3.8) is 0 Å². The van der Waals surface area contributed by atoms with Gasteiger partial charge < -0.3 is 4.74 Å². The fraction of sp³-hybridized carbons (Fsp3) is 0.263. The Morgan fingerprint density at radius 2 is 2.18 bits per heavy atom. The Kier molecular flexibility index (Phi) is 6.38. The van der Waals surface area contributed by atoms with E-state index in [1.54, 1.807) is 0 Å². The highest BCUT2D eigenvalue weighted by molar-refractivity contribution is 6.20. The zero-order valence-electron chi connectivity index (χ0n) is 15.2. The molecule has 1 heterocycles. The first kappa shape index (κ1) is 19.6. The standard InChI is InChI=1S/C19H19F2N5O2/c1-2-28-10-9-22-19(23-17-13-5-3-4-6-16(13)25-26-17)24-18(27)12-7-8-14(20)15(21)11-12/h3-8,11,13H,2,9-10H2,1H3,(H2,22,23,24,26,27). The lowest BCUT2D eigenvalue weighted by Gasteiger charge is -2.10. The first-order chi connectivity index (χ1) is 13.6. The van der Waals surface area contributed by atoms with Crippen LogP contribution in [-0.4, -0.2) is 43.2 Å². The van der Waals surface area contributed by atoms with Gasteiger partial charge in [-0.25, -0.2) is 13.8 Å². The number of nitrogens with zero attached hydrogens (tertiary/aromatic N) is 3. The maximum atomic E-state index is 13.4. The van der Waals surface area contributed by atoms with Crippen molar-refractivity contribution in [3.05, 3.63) is 59.7 Å². The Morgan fingerprint density at radius 1 is 1.32 bits per heavy atom. The lowest BCUT2D eigenvalue weighted by molar-refractivity contribution is 0.0975. The van der Waals surface area contributed by atoms with Gasteiger partial charge >= 0.3 is 0 Å². The van der Waals surface area contributed by atoms with Crippen molar-refractivity contribution >= 4 is 23.4 Å². The van der Waals surface area contributed by atoms with Crippen molar-refractivity contribution in [2.75, 3.05) is 19.8 Å². The molecule has 0 aromatic heterocycles. The minimum Gasteiger partial charge on any atom is -0.380 e. The molecule has 2 N–H and O–H groups in total. The number of aliphatic imine (C=N–C) groups is 2. The van der Waals surface area contributed by atoms with Gasteiger partial charge in [-0.15, -0.1) is 0 Å². The van der Waals surface area contributed by atoms with E-state index in [1.165, 1.54) is 6.07 Å². The number of rotatable bonds is 5. The van der Waals surface area contributed by atoms with E-state index in [9.17, 15) is 13.6 Å². The molecule has 0 saturated heterocycles. The fourth-order valence-electron chi connectivity index (χ4n) is 2.54. The van der Waals surface area contributed by atoms with Crippen LogP contribution < -0.4 is 10.7 Å². The number of amidine groups is 1. The summed E-state index contributed by atoms with van der Waals surface area (Å²) in [5, 5.41) is 6.70. The maximum Gasteiger partial charge on any atom is 0.258 e. The molecular formula is C19H19F2N5O2. The van der Waals surface area contributed by atoms with Gasteiger partial charge in [0.15, 0.2) is 11.6 Å². The third-order valence-corrected chi connectivity index (χ3v) is 3.93. The predicted octanol–water partition coefficient (Wildman–Crippen LogP) is 2.19. The van der Waals surface area contributed by atoms with E-state index in [0.29, 0.717) is 19.0 Å². The highest BCUT2D eigenvalue weighted by Crippen LogP contribution is 2.15. The van der Waals surface area contributed by atoms with Gasteiger partial charge in [0.2, 0.25) is 5.96 Å². The fourth-order valence-corrected chi connectivity index (χ4v) is 2.54. The minimum atomic E-state index is -1.11. The Balaban J connectivity index is 1.78. The average Bonchev–Trinajstić information content (AvgIpc) is 3.10. The molecule has 0 spiro atoms. The van der Waals surface area contributed by atoms with Gasteiger partial charge in [-0.1, -0.05) is 18.2 Å². The van der Waals surface area contributed by atoms with Gasteiger partial charge in [-0.05, 0) is 31.2 Å². The summed E-state index contributed by atoms with van der Waals surface area (Å²) in [5.74, 6) is -2.44. The number of halogens is 2. The van der Waals surface area contributed by atoms with Crippen LogP contribution in [0.1, 0.15) is 17.3 Å². The number of hydrogen-bond donors (Lipinski definition) is 2. The SMILES string of the molecule is CCOCCN=C(N=C1NN=C2C=CC=CC21)NC(=O)c1ccc(F)c(F)c1. The molecule has 28 heavy (non-hydrogen) atoms. The summed E-state index contributed by atoms with van der Waals surface area (Å²) in [6.45, 7) is 3.03. The van der Waals surface area contributed by atoms with Crippen LogP contribution in [0.5, 0.6) is 0 Å². The van der Waals surface area contributed by atoms with Crippen LogP contribution in [0.25, 0.3) is 0 Å². The Bertz CT molecular complexity index is 906. The molecule has 0 fully saturated rings. The smallest absolute Gasteiger partial charge is 0.258 e. The van der Waals surface area contributed by atoms with Gasteiger partial charge in [0, 0.05) is 12.2 Å². The lowest BCUT2D eigenvalue weighted by atomic mass is 9.99. The van der Waals surface area contributed by atoms with E-state index in [1.807, 2.05) is 31.2 Å². The number of fused-ring (bicyclic) bond motifs is 1. The van der Waals surface area contributed by atoms with Crippen LogP contribution in [-0.2, 0) is 4.74 Å². The maximum absolute atomic E-state index is 13.4. The summed E-state index contributed by atoms with van der Waals surface area (Å²) in [6, 6.07) is 2.89. The molecule has 1 amide bonds. The van der Waals surface area contributed by atoms with Crippen LogP contribution in [0.3, 0.4) is 0 Å². The number of ether oxygens (including phenoxy) is 1. The van der Waals surface area contributed by atoms with Crippen LogP contribution in [0.2, 0.25) is 0 Å². The highest BCUT2D eigenvalue weighted by atomic mass is 19.2. The molecule has 7 nitrogen and oxygen atoms in total. The van der Waals surface area contributed by atoms with Crippen molar-refractivity contribution in [3.8, 4) is 0 Å². The van der Waals surface area contributed by atoms with Crippen LogP contribution in [0, 0.1) is 17.6 Å². The van der Waals surface area contributed by atoms with Crippen molar-refractivity contribution in [2.24, 2.45) is 21.0 Å². The molecule has 1 unspecified atom stereocenters. The second-order valence-electron chi connectivity index (χ2n) is 5.85. The third kappa shape index (κ3) is 4.74. The van der Waals surface area contributed by atoms with Crippen molar-refractivity contribution in [2.45, 2.75) is 6.92 Å². The van der Waals surface area contributed by atoms with Crippen LogP contribution in [0.15, 0.2) is 57.6 Å². The molecule has 2 aliphatic rings.